The molecule has 0 aliphatic carbocycles. The predicted octanol–water partition coefficient (Wildman–Crippen LogP) is 1.32. The van der Waals surface area contributed by atoms with E-state index in [9.17, 15) is 18.0 Å². The lowest BCUT2D eigenvalue weighted by molar-refractivity contribution is -0.129. The quantitative estimate of drug-likeness (QED) is 0.709. The summed E-state index contributed by atoms with van der Waals surface area (Å²) in [6.07, 6.45) is 1.43. The Labute approximate surface area is 164 Å². The molecule has 2 aliphatic rings. The van der Waals surface area contributed by atoms with Crippen LogP contribution < -0.4 is 5.32 Å². The molecular formula is C17H23ClN4O4S. The molecule has 1 N–H and O–H groups in total. The van der Waals surface area contributed by atoms with Crippen molar-refractivity contribution in [2.45, 2.75) is 30.7 Å². The van der Waals surface area contributed by atoms with Crippen molar-refractivity contribution in [3.8, 4) is 0 Å². The molecule has 1 aromatic carbocycles. The van der Waals surface area contributed by atoms with Crippen LogP contribution in [0.1, 0.15) is 19.8 Å². The minimum atomic E-state index is -3.61. The molecule has 0 bridgehead atoms. The van der Waals surface area contributed by atoms with E-state index < -0.39 is 16.1 Å². The van der Waals surface area contributed by atoms with Gasteiger partial charge in [-0.25, -0.2) is 18.1 Å². The Morgan fingerprint density at radius 3 is 2.52 bits per heavy atom. The van der Waals surface area contributed by atoms with E-state index in [1.807, 2.05) is 11.8 Å². The van der Waals surface area contributed by atoms with Crippen molar-refractivity contribution in [1.82, 2.24) is 19.4 Å². The van der Waals surface area contributed by atoms with Gasteiger partial charge in [0.15, 0.2) is 0 Å². The molecule has 2 fully saturated rings. The van der Waals surface area contributed by atoms with Gasteiger partial charge in [0.25, 0.3) is 5.91 Å². The normalized spacial score (nSPS) is 22.3. The Balaban J connectivity index is 1.59. The SMILES string of the molecule is CCC[C@@H]1NC(=O)N(CN2CCN(S(=O)(=O)c3cccc(Cl)c3)CC2)C1=O. The van der Waals surface area contributed by atoms with Crippen LogP contribution in [0, 0.1) is 0 Å². The molecule has 0 saturated carbocycles. The zero-order valence-electron chi connectivity index (χ0n) is 15.1. The monoisotopic (exact) mass is 414 g/mol. The number of hydrogen-bond donors (Lipinski definition) is 1. The lowest BCUT2D eigenvalue weighted by Gasteiger charge is -2.35. The fourth-order valence-corrected chi connectivity index (χ4v) is 5.01. The van der Waals surface area contributed by atoms with Gasteiger partial charge in [-0.15, -0.1) is 0 Å². The van der Waals surface area contributed by atoms with Crippen LogP contribution in [0.5, 0.6) is 0 Å². The van der Waals surface area contributed by atoms with Crippen molar-refractivity contribution in [3.63, 3.8) is 0 Å². The average molecular weight is 415 g/mol. The maximum atomic E-state index is 12.7. The van der Waals surface area contributed by atoms with Crippen molar-refractivity contribution in [3.05, 3.63) is 29.3 Å². The molecule has 0 radical (unpaired) electrons. The number of piperazine rings is 1. The minimum absolute atomic E-state index is 0.167. The second-order valence-corrected chi connectivity index (χ2v) is 9.05. The van der Waals surface area contributed by atoms with Gasteiger partial charge in [0.2, 0.25) is 10.0 Å². The van der Waals surface area contributed by atoms with Gasteiger partial charge in [-0.1, -0.05) is 31.0 Å². The third-order valence-corrected chi connectivity index (χ3v) is 6.92. The lowest BCUT2D eigenvalue weighted by atomic mass is 10.2. The number of hydrogen-bond acceptors (Lipinski definition) is 5. The number of nitrogens with one attached hydrogen (secondary N) is 1. The number of nitrogens with zero attached hydrogens (tertiary/aromatic N) is 3. The molecule has 10 heteroatoms. The van der Waals surface area contributed by atoms with E-state index in [1.165, 1.54) is 21.3 Å². The van der Waals surface area contributed by atoms with Gasteiger partial charge in [-0.3, -0.25) is 9.69 Å². The molecule has 2 aliphatic heterocycles. The van der Waals surface area contributed by atoms with Crippen molar-refractivity contribution < 1.29 is 18.0 Å². The number of halogens is 1. The van der Waals surface area contributed by atoms with Gasteiger partial charge in [-0.2, -0.15) is 4.31 Å². The molecule has 3 amide bonds. The van der Waals surface area contributed by atoms with Crippen LogP contribution in [-0.2, 0) is 14.8 Å². The minimum Gasteiger partial charge on any atom is -0.326 e. The average Bonchev–Trinajstić information content (AvgIpc) is 2.90. The number of carbonyl (C=O) groups is 2. The Kier molecular flexibility index (Phi) is 6.05. The van der Waals surface area contributed by atoms with E-state index in [0.29, 0.717) is 24.5 Å². The van der Waals surface area contributed by atoms with Gasteiger partial charge in [-0.05, 0) is 24.6 Å². The number of imide groups is 1. The number of urea groups is 1. The van der Waals surface area contributed by atoms with Gasteiger partial charge in [0.1, 0.15) is 6.04 Å². The molecule has 8 nitrogen and oxygen atoms in total. The third kappa shape index (κ3) is 4.26. The smallest absolute Gasteiger partial charge is 0.325 e. The first-order valence-electron chi connectivity index (χ1n) is 8.93. The van der Waals surface area contributed by atoms with E-state index >= 15 is 0 Å². The summed E-state index contributed by atoms with van der Waals surface area (Å²) in [5.41, 5.74) is 0. The second-order valence-electron chi connectivity index (χ2n) is 6.68. The summed E-state index contributed by atoms with van der Waals surface area (Å²) < 4.78 is 26.9. The molecule has 2 heterocycles. The first kappa shape index (κ1) is 20.1. The first-order chi connectivity index (χ1) is 12.8. The Morgan fingerprint density at radius 1 is 1.19 bits per heavy atom. The summed E-state index contributed by atoms with van der Waals surface area (Å²) in [4.78, 5) is 27.6. The Hall–Kier alpha value is -1.68. The Bertz CT molecular complexity index is 824. The molecular weight excluding hydrogens is 392 g/mol. The molecule has 148 valence electrons. The van der Waals surface area contributed by atoms with Crippen molar-refractivity contribution in [2.75, 3.05) is 32.8 Å². The van der Waals surface area contributed by atoms with Crippen molar-refractivity contribution >= 4 is 33.6 Å². The maximum Gasteiger partial charge on any atom is 0.325 e. The summed E-state index contributed by atoms with van der Waals surface area (Å²) >= 11 is 5.90. The molecule has 3 rings (SSSR count). The van der Waals surface area contributed by atoms with Gasteiger partial charge in [0, 0.05) is 31.2 Å². The van der Waals surface area contributed by atoms with Crippen molar-refractivity contribution in [1.29, 1.82) is 0 Å². The first-order valence-corrected chi connectivity index (χ1v) is 10.7. The standard InChI is InChI=1S/C17H23ClN4O4S/c1-2-4-15-16(23)22(17(24)19-15)12-20-7-9-21(10-8-20)27(25,26)14-6-3-5-13(18)11-14/h3,5-6,11,15H,2,4,7-10,12H2,1H3,(H,19,24)/t15-/m0/s1. The summed E-state index contributed by atoms with van der Waals surface area (Å²) in [5.74, 6) is -0.212. The van der Waals surface area contributed by atoms with Gasteiger partial charge >= 0.3 is 6.03 Å². The largest absolute Gasteiger partial charge is 0.326 e. The van der Waals surface area contributed by atoms with E-state index in [2.05, 4.69) is 5.32 Å². The van der Waals surface area contributed by atoms with Gasteiger partial charge < -0.3 is 5.32 Å². The molecule has 0 unspecified atom stereocenters. The third-order valence-electron chi connectivity index (χ3n) is 4.79. The highest BCUT2D eigenvalue weighted by atomic mass is 35.5. The highest BCUT2D eigenvalue weighted by molar-refractivity contribution is 7.89. The fraction of sp³-hybridized carbons (Fsp3) is 0.529. The molecule has 0 spiro atoms. The predicted molar refractivity (Wildman–Crippen MR) is 101 cm³/mol. The summed E-state index contributed by atoms with van der Waals surface area (Å²) in [6.45, 7) is 3.59. The highest BCUT2D eigenvalue weighted by Crippen LogP contribution is 2.21. The van der Waals surface area contributed by atoms with E-state index in [-0.39, 0.29) is 36.6 Å². The van der Waals surface area contributed by atoms with E-state index in [0.717, 1.165) is 6.42 Å². The van der Waals surface area contributed by atoms with Crippen LogP contribution >= 0.6 is 11.6 Å². The molecule has 2 saturated heterocycles. The summed E-state index contributed by atoms with van der Waals surface area (Å²) in [5, 5.41) is 3.07. The molecule has 1 aromatic rings. The van der Waals surface area contributed by atoms with Gasteiger partial charge in [0.05, 0.1) is 11.6 Å². The molecule has 27 heavy (non-hydrogen) atoms. The van der Waals surface area contributed by atoms with Crippen LogP contribution in [0.3, 0.4) is 0 Å². The maximum absolute atomic E-state index is 12.7. The van der Waals surface area contributed by atoms with Crippen LogP contribution in [0.4, 0.5) is 4.79 Å². The second kappa shape index (κ2) is 8.14. The van der Waals surface area contributed by atoms with E-state index in [4.69, 9.17) is 11.6 Å². The van der Waals surface area contributed by atoms with Crippen LogP contribution in [-0.4, -0.2) is 73.4 Å². The van der Waals surface area contributed by atoms with Crippen LogP contribution in [0.2, 0.25) is 5.02 Å². The van der Waals surface area contributed by atoms with Crippen molar-refractivity contribution in [2.24, 2.45) is 0 Å². The number of amides is 3. The Morgan fingerprint density at radius 2 is 1.89 bits per heavy atom. The zero-order chi connectivity index (χ0) is 19.6. The topological polar surface area (TPSA) is 90.0 Å². The number of benzene rings is 1. The van der Waals surface area contributed by atoms with Crippen LogP contribution in [0.15, 0.2) is 29.2 Å². The molecule has 0 aromatic heterocycles. The summed E-state index contributed by atoms with van der Waals surface area (Å²) in [7, 11) is -3.61. The van der Waals surface area contributed by atoms with Crippen LogP contribution in [0.25, 0.3) is 0 Å². The molecule has 1 atom stereocenters. The fourth-order valence-electron chi connectivity index (χ4n) is 3.28. The number of rotatable bonds is 6. The number of sulfonamides is 1. The van der Waals surface area contributed by atoms with E-state index in [1.54, 1.807) is 12.1 Å². The highest BCUT2D eigenvalue weighted by Gasteiger charge is 2.39. The lowest BCUT2D eigenvalue weighted by Crippen LogP contribution is -2.52. The summed E-state index contributed by atoms with van der Waals surface area (Å²) in [6, 6.07) is 5.36. The zero-order valence-corrected chi connectivity index (χ0v) is 16.7. The number of carbonyl (C=O) groups excluding carboxylic acids is 2.